The van der Waals surface area contributed by atoms with Crippen LogP contribution in [0.5, 0.6) is 0 Å². The molecule has 1 aliphatic heterocycles. The van der Waals surface area contributed by atoms with Gasteiger partial charge < -0.3 is 0 Å². The predicted molar refractivity (Wildman–Crippen MR) is 78.1 cm³/mol. The number of likely N-dealkylation sites (tertiary alicyclic amines) is 1. The van der Waals surface area contributed by atoms with Gasteiger partial charge in [0.15, 0.2) is 0 Å². The van der Waals surface area contributed by atoms with E-state index in [4.69, 9.17) is 4.99 Å². The molecule has 18 heavy (non-hydrogen) atoms. The Balaban J connectivity index is 1.93. The number of nitrogens with zero attached hydrogens (tertiary/aromatic N) is 2. The van der Waals surface area contributed by atoms with Crippen LogP contribution in [0.4, 0.5) is 0 Å². The lowest BCUT2D eigenvalue weighted by Gasteiger charge is -2.18. The smallest absolute Gasteiger partial charge is 0.0549 e. The fourth-order valence-corrected chi connectivity index (χ4v) is 2.28. The summed E-state index contributed by atoms with van der Waals surface area (Å²) in [6.07, 6.45) is 2.24. The third-order valence-electron chi connectivity index (χ3n) is 3.70. The molecule has 0 saturated carbocycles. The summed E-state index contributed by atoms with van der Waals surface area (Å²) < 4.78 is 0. The fourth-order valence-electron chi connectivity index (χ4n) is 2.28. The minimum Gasteiger partial charge on any atom is -0.293 e. The second kappa shape index (κ2) is 5.66. The van der Waals surface area contributed by atoms with Crippen LogP contribution in [0.15, 0.2) is 35.3 Å². The lowest BCUT2D eigenvalue weighted by molar-refractivity contribution is 0.340. The zero-order chi connectivity index (χ0) is 13.0. The predicted octanol–water partition coefficient (Wildman–Crippen LogP) is 3.52. The van der Waals surface area contributed by atoms with Crippen molar-refractivity contribution in [1.82, 2.24) is 4.90 Å². The Morgan fingerprint density at radius 1 is 1.22 bits per heavy atom. The fraction of sp³-hybridized carbons (Fsp3) is 0.562. The van der Waals surface area contributed by atoms with Gasteiger partial charge in [-0.1, -0.05) is 37.3 Å². The number of hydrogen-bond acceptors (Lipinski definition) is 2. The summed E-state index contributed by atoms with van der Waals surface area (Å²) in [4.78, 5) is 7.38. The van der Waals surface area contributed by atoms with Gasteiger partial charge in [-0.15, -0.1) is 0 Å². The van der Waals surface area contributed by atoms with E-state index in [9.17, 15) is 0 Å². The molecule has 1 saturated heterocycles. The molecule has 1 heterocycles. The van der Waals surface area contributed by atoms with E-state index in [2.05, 4.69) is 56.0 Å². The van der Waals surface area contributed by atoms with Crippen molar-refractivity contribution in [1.29, 1.82) is 0 Å². The largest absolute Gasteiger partial charge is 0.293 e. The van der Waals surface area contributed by atoms with Crippen LogP contribution in [-0.4, -0.2) is 29.2 Å². The van der Waals surface area contributed by atoms with Crippen LogP contribution in [0.2, 0.25) is 0 Å². The second-order valence-corrected chi connectivity index (χ2v) is 5.79. The molecule has 0 radical (unpaired) electrons. The second-order valence-electron chi connectivity index (χ2n) is 5.79. The van der Waals surface area contributed by atoms with E-state index in [1.165, 1.54) is 11.3 Å². The maximum atomic E-state index is 4.89. The third kappa shape index (κ3) is 3.67. The van der Waals surface area contributed by atoms with Crippen molar-refractivity contribution < 1.29 is 0 Å². The SMILES string of the molecule is CCC(C)(C)N=C1CCN(Cc2ccccc2)C1. The van der Waals surface area contributed by atoms with Gasteiger partial charge in [-0.05, 0) is 32.3 Å². The number of aliphatic imine (C=N–C) groups is 1. The quantitative estimate of drug-likeness (QED) is 0.791. The van der Waals surface area contributed by atoms with E-state index in [1.807, 2.05) is 0 Å². The van der Waals surface area contributed by atoms with Crippen LogP contribution < -0.4 is 0 Å². The van der Waals surface area contributed by atoms with Gasteiger partial charge in [0.05, 0.1) is 5.54 Å². The first-order valence-corrected chi connectivity index (χ1v) is 6.93. The van der Waals surface area contributed by atoms with E-state index >= 15 is 0 Å². The van der Waals surface area contributed by atoms with E-state index in [-0.39, 0.29) is 5.54 Å². The first-order chi connectivity index (χ1) is 8.59. The average Bonchev–Trinajstić information content (AvgIpc) is 2.77. The molecule has 0 amide bonds. The van der Waals surface area contributed by atoms with Gasteiger partial charge in [-0.3, -0.25) is 9.89 Å². The Morgan fingerprint density at radius 2 is 1.94 bits per heavy atom. The topological polar surface area (TPSA) is 15.6 Å². The first kappa shape index (κ1) is 13.3. The highest BCUT2D eigenvalue weighted by Crippen LogP contribution is 2.18. The van der Waals surface area contributed by atoms with Crippen LogP contribution in [0.25, 0.3) is 0 Å². The molecule has 0 aliphatic carbocycles. The van der Waals surface area contributed by atoms with Crippen molar-refractivity contribution in [3.8, 4) is 0 Å². The van der Waals surface area contributed by atoms with Crippen molar-refractivity contribution in [3.63, 3.8) is 0 Å². The Labute approximate surface area is 111 Å². The van der Waals surface area contributed by atoms with Gasteiger partial charge in [0.2, 0.25) is 0 Å². The van der Waals surface area contributed by atoms with Crippen molar-refractivity contribution in [3.05, 3.63) is 35.9 Å². The highest BCUT2D eigenvalue weighted by atomic mass is 15.2. The molecule has 2 heteroatoms. The Morgan fingerprint density at radius 3 is 2.61 bits per heavy atom. The van der Waals surface area contributed by atoms with Crippen LogP contribution in [0, 0.1) is 0 Å². The molecule has 1 fully saturated rings. The van der Waals surface area contributed by atoms with Gasteiger partial charge in [0, 0.05) is 25.3 Å². The molecular formula is C16H24N2. The summed E-state index contributed by atoms with van der Waals surface area (Å²) in [6.45, 7) is 9.89. The van der Waals surface area contributed by atoms with Gasteiger partial charge in [0.1, 0.15) is 0 Å². The summed E-state index contributed by atoms with van der Waals surface area (Å²) in [7, 11) is 0. The highest BCUT2D eigenvalue weighted by Gasteiger charge is 2.21. The normalized spacial score (nSPS) is 19.6. The highest BCUT2D eigenvalue weighted by molar-refractivity contribution is 5.88. The molecular weight excluding hydrogens is 220 g/mol. The van der Waals surface area contributed by atoms with Crippen molar-refractivity contribution in [2.45, 2.75) is 45.7 Å². The number of hydrogen-bond donors (Lipinski definition) is 0. The summed E-state index contributed by atoms with van der Waals surface area (Å²) in [6, 6.07) is 10.7. The molecule has 2 rings (SSSR count). The van der Waals surface area contributed by atoms with Gasteiger partial charge in [-0.2, -0.15) is 0 Å². The maximum absolute atomic E-state index is 4.89. The van der Waals surface area contributed by atoms with E-state index < -0.39 is 0 Å². The Kier molecular flexibility index (Phi) is 4.18. The van der Waals surface area contributed by atoms with Crippen LogP contribution in [-0.2, 0) is 6.54 Å². The molecule has 1 aromatic carbocycles. The minimum absolute atomic E-state index is 0.109. The number of rotatable bonds is 4. The van der Waals surface area contributed by atoms with Crippen LogP contribution in [0.3, 0.4) is 0 Å². The zero-order valence-electron chi connectivity index (χ0n) is 11.8. The molecule has 2 nitrogen and oxygen atoms in total. The summed E-state index contributed by atoms with van der Waals surface area (Å²) in [5.41, 5.74) is 2.88. The van der Waals surface area contributed by atoms with E-state index in [0.29, 0.717) is 0 Å². The van der Waals surface area contributed by atoms with E-state index in [1.54, 1.807) is 0 Å². The minimum atomic E-state index is 0.109. The van der Waals surface area contributed by atoms with Crippen molar-refractivity contribution in [2.75, 3.05) is 13.1 Å². The van der Waals surface area contributed by atoms with Crippen molar-refractivity contribution in [2.24, 2.45) is 4.99 Å². The number of benzene rings is 1. The van der Waals surface area contributed by atoms with Gasteiger partial charge >= 0.3 is 0 Å². The van der Waals surface area contributed by atoms with Crippen LogP contribution >= 0.6 is 0 Å². The molecule has 0 atom stereocenters. The lowest BCUT2D eigenvalue weighted by Crippen LogP contribution is -2.22. The molecule has 1 aliphatic rings. The summed E-state index contributed by atoms with van der Waals surface area (Å²) in [5.74, 6) is 0. The van der Waals surface area contributed by atoms with Crippen molar-refractivity contribution >= 4 is 5.71 Å². The Bertz CT molecular complexity index is 406. The van der Waals surface area contributed by atoms with Gasteiger partial charge in [0.25, 0.3) is 0 Å². The molecule has 1 aromatic rings. The summed E-state index contributed by atoms with van der Waals surface area (Å²) in [5, 5.41) is 0. The average molecular weight is 244 g/mol. The van der Waals surface area contributed by atoms with Crippen LogP contribution in [0.1, 0.15) is 39.2 Å². The molecule has 0 aromatic heterocycles. The molecule has 98 valence electrons. The summed E-state index contributed by atoms with van der Waals surface area (Å²) >= 11 is 0. The lowest BCUT2D eigenvalue weighted by atomic mass is 10.0. The standard InChI is InChI=1S/C16H24N2/c1-4-16(2,3)17-15-10-11-18(13-15)12-14-8-6-5-7-9-14/h5-9H,4,10-13H2,1-3H3. The maximum Gasteiger partial charge on any atom is 0.0549 e. The molecule has 0 bridgehead atoms. The van der Waals surface area contributed by atoms with E-state index in [0.717, 1.165) is 32.5 Å². The third-order valence-corrected chi connectivity index (χ3v) is 3.70. The zero-order valence-corrected chi connectivity index (χ0v) is 11.8. The first-order valence-electron chi connectivity index (χ1n) is 6.93. The Hall–Kier alpha value is -1.15. The monoisotopic (exact) mass is 244 g/mol. The molecule has 0 unspecified atom stereocenters. The van der Waals surface area contributed by atoms with Gasteiger partial charge in [-0.25, -0.2) is 0 Å². The molecule has 0 N–H and O–H groups in total. The molecule has 0 spiro atoms.